The number of benzene rings is 1. The maximum atomic E-state index is 11.7. The molecule has 1 aromatic heterocycles. The molecule has 1 aromatic carbocycles. The van der Waals surface area contributed by atoms with Crippen LogP contribution >= 0.6 is 11.3 Å². The lowest BCUT2D eigenvalue weighted by Crippen LogP contribution is -2.33. The van der Waals surface area contributed by atoms with Crippen LogP contribution in [0.4, 0.5) is 10.8 Å². The number of carbonyl (C=O) groups is 1. The van der Waals surface area contributed by atoms with Gasteiger partial charge in [0.2, 0.25) is 5.91 Å². The number of rotatable bonds is 11. The van der Waals surface area contributed by atoms with Crippen molar-refractivity contribution in [1.29, 1.82) is 0 Å². The highest BCUT2D eigenvalue weighted by Gasteiger charge is 2.21. The molecule has 0 bridgehead atoms. The Kier molecular flexibility index (Phi) is 8.79. The standard InChI is InChI=1S/C24H37N3O2S/c1-4-5-6-7-8-12-15-29-22-16-21-23(17-20(22)25-18(2)28)30-24(26-21)27(3)19-13-10-9-11-14-19/h16-17,19H,4-15H2,1-3H3,(H,25,28). The second-order valence-corrected chi connectivity index (χ2v) is 9.52. The highest BCUT2D eigenvalue weighted by molar-refractivity contribution is 7.22. The number of thiazole rings is 1. The van der Waals surface area contributed by atoms with E-state index in [2.05, 4.69) is 24.2 Å². The number of carbonyl (C=O) groups excluding carboxylic acids is 1. The van der Waals surface area contributed by atoms with Gasteiger partial charge in [0.05, 0.1) is 22.5 Å². The van der Waals surface area contributed by atoms with E-state index in [9.17, 15) is 4.79 Å². The van der Waals surface area contributed by atoms with Crippen molar-refractivity contribution in [1.82, 2.24) is 4.98 Å². The lowest BCUT2D eigenvalue weighted by Gasteiger charge is -2.30. The number of hydrogen-bond donors (Lipinski definition) is 1. The molecule has 6 heteroatoms. The normalized spacial score (nSPS) is 14.8. The zero-order valence-electron chi connectivity index (χ0n) is 18.8. The number of ether oxygens (including phenoxy) is 1. The number of nitrogens with one attached hydrogen (secondary N) is 1. The molecule has 0 spiro atoms. The highest BCUT2D eigenvalue weighted by Crippen LogP contribution is 2.37. The summed E-state index contributed by atoms with van der Waals surface area (Å²) in [7, 11) is 2.17. The fourth-order valence-electron chi connectivity index (χ4n) is 4.19. The molecule has 30 heavy (non-hydrogen) atoms. The number of fused-ring (bicyclic) bond motifs is 1. The van der Waals surface area contributed by atoms with E-state index >= 15 is 0 Å². The zero-order chi connectivity index (χ0) is 21.3. The van der Waals surface area contributed by atoms with Gasteiger partial charge in [0.15, 0.2) is 5.13 Å². The van der Waals surface area contributed by atoms with Gasteiger partial charge in [-0.3, -0.25) is 4.79 Å². The molecule has 0 radical (unpaired) electrons. The van der Waals surface area contributed by atoms with Crippen molar-refractivity contribution in [2.24, 2.45) is 0 Å². The Balaban J connectivity index is 1.70. The van der Waals surface area contributed by atoms with E-state index < -0.39 is 0 Å². The van der Waals surface area contributed by atoms with E-state index in [0.29, 0.717) is 12.6 Å². The lowest BCUT2D eigenvalue weighted by atomic mass is 9.95. The average molecular weight is 432 g/mol. The van der Waals surface area contributed by atoms with Crippen LogP contribution < -0.4 is 15.0 Å². The Hall–Kier alpha value is -1.82. The first-order valence-corrected chi connectivity index (χ1v) is 12.5. The molecule has 0 saturated heterocycles. The molecule has 1 aliphatic rings. The number of hydrogen-bond acceptors (Lipinski definition) is 5. The van der Waals surface area contributed by atoms with Crippen molar-refractivity contribution >= 4 is 38.3 Å². The fourth-order valence-corrected chi connectivity index (χ4v) is 5.21. The van der Waals surface area contributed by atoms with E-state index in [0.717, 1.165) is 33.2 Å². The molecule has 1 N–H and O–H groups in total. The van der Waals surface area contributed by atoms with Crippen LogP contribution in [0, 0.1) is 0 Å². The first-order chi connectivity index (χ1) is 14.6. The van der Waals surface area contributed by atoms with Gasteiger partial charge in [-0.05, 0) is 25.3 Å². The summed E-state index contributed by atoms with van der Waals surface area (Å²) in [5.74, 6) is 0.645. The van der Waals surface area contributed by atoms with Crippen molar-refractivity contribution in [2.75, 3.05) is 23.9 Å². The van der Waals surface area contributed by atoms with Crippen molar-refractivity contribution < 1.29 is 9.53 Å². The second-order valence-electron chi connectivity index (χ2n) is 8.51. The summed E-state index contributed by atoms with van der Waals surface area (Å²) in [4.78, 5) is 19.0. The summed E-state index contributed by atoms with van der Waals surface area (Å²) < 4.78 is 7.16. The third-order valence-electron chi connectivity index (χ3n) is 5.97. The minimum Gasteiger partial charge on any atom is -0.491 e. The Morgan fingerprint density at radius 1 is 1.17 bits per heavy atom. The Morgan fingerprint density at radius 3 is 2.63 bits per heavy atom. The predicted octanol–water partition coefficient (Wildman–Crippen LogP) is 6.76. The first kappa shape index (κ1) is 22.9. The SMILES string of the molecule is CCCCCCCCOc1cc2nc(N(C)C3CCCCC3)sc2cc1NC(C)=O. The van der Waals surface area contributed by atoms with Gasteiger partial charge in [-0.15, -0.1) is 0 Å². The molecule has 5 nitrogen and oxygen atoms in total. The topological polar surface area (TPSA) is 54.5 Å². The van der Waals surface area contributed by atoms with Crippen LogP contribution in [0.3, 0.4) is 0 Å². The van der Waals surface area contributed by atoms with Crippen molar-refractivity contribution in [3.63, 3.8) is 0 Å². The fraction of sp³-hybridized carbons (Fsp3) is 0.667. The monoisotopic (exact) mass is 431 g/mol. The molecule has 1 amide bonds. The maximum Gasteiger partial charge on any atom is 0.221 e. The summed E-state index contributed by atoms with van der Waals surface area (Å²) >= 11 is 1.70. The number of unbranched alkanes of at least 4 members (excludes halogenated alkanes) is 5. The lowest BCUT2D eigenvalue weighted by molar-refractivity contribution is -0.114. The molecule has 0 aliphatic heterocycles. The Labute approximate surface area is 185 Å². The predicted molar refractivity (Wildman–Crippen MR) is 128 cm³/mol. The van der Waals surface area contributed by atoms with Gasteiger partial charge in [-0.1, -0.05) is 69.6 Å². The van der Waals surface area contributed by atoms with Gasteiger partial charge in [-0.25, -0.2) is 4.98 Å². The molecule has 1 heterocycles. The molecular formula is C24H37N3O2S. The van der Waals surface area contributed by atoms with Crippen LogP contribution in [0.1, 0.15) is 84.5 Å². The average Bonchev–Trinajstić information content (AvgIpc) is 3.15. The molecule has 1 aliphatic carbocycles. The molecule has 0 unspecified atom stereocenters. The van der Waals surface area contributed by atoms with E-state index in [1.54, 1.807) is 11.3 Å². The summed E-state index contributed by atoms with van der Waals surface area (Å²) in [6, 6.07) is 4.59. The van der Waals surface area contributed by atoms with Gasteiger partial charge in [0, 0.05) is 26.1 Å². The van der Waals surface area contributed by atoms with Gasteiger partial charge in [0.1, 0.15) is 5.75 Å². The summed E-state index contributed by atoms with van der Waals surface area (Å²) in [5.41, 5.74) is 1.70. The summed E-state index contributed by atoms with van der Waals surface area (Å²) in [5, 5.41) is 3.99. The molecule has 0 atom stereocenters. The van der Waals surface area contributed by atoms with E-state index in [1.807, 2.05) is 12.1 Å². The van der Waals surface area contributed by atoms with Crippen molar-refractivity contribution in [2.45, 2.75) is 90.5 Å². The summed E-state index contributed by atoms with van der Waals surface area (Å²) in [6.07, 6.45) is 13.8. The molecule has 166 valence electrons. The number of nitrogens with zero attached hydrogens (tertiary/aromatic N) is 2. The molecule has 1 fully saturated rings. The van der Waals surface area contributed by atoms with Gasteiger partial charge in [-0.2, -0.15) is 0 Å². The molecule has 3 rings (SSSR count). The Bertz CT molecular complexity index is 814. The number of amides is 1. The largest absolute Gasteiger partial charge is 0.491 e. The van der Waals surface area contributed by atoms with Crippen LogP contribution in [-0.2, 0) is 4.79 Å². The van der Waals surface area contributed by atoms with E-state index in [1.165, 1.54) is 71.1 Å². The maximum absolute atomic E-state index is 11.7. The quantitative estimate of drug-likeness (QED) is 0.399. The van der Waals surface area contributed by atoms with Gasteiger partial charge >= 0.3 is 0 Å². The van der Waals surface area contributed by atoms with Crippen LogP contribution in [-0.4, -0.2) is 30.6 Å². The third-order valence-corrected chi connectivity index (χ3v) is 7.08. The first-order valence-electron chi connectivity index (χ1n) is 11.7. The number of aromatic nitrogens is 1. The number of anilines is 2. The van der Waals surface area contributed by atoms with Gasteiger partial charge in [0.25, 0.3) is 0 Å². The van der Waals surface area contributed by atoms with Crippen LogP contribution in [0.25, 0.3) is 10.2 Å². The minimum atomic E-state index is -0.0807. The molecular weight excluding hydrogens is 394 g/mol. The molecule has 2 aromatic rings. The van der Waals surface area contributed by atoms with Crippen molar-refractivity contribution in [3.8, 4) is 5.75 Å². The van der Waals surface area contributed by atoms with Gasteiger partial charge < -0.3 is 15.0 Å². The van der Waals surface area contributed by atoms with Crippen LogP contribution in [0.15, 0.2) is 12.1 Å². The minimum absolute atomic E-state index is 0.0807. The zero-order valence-corrected chi connectivity index (χ0v) is 19.7. The smallest absolute Gasteiger partial charge is 0.221 e. The third kappa shape index (κ3) is 6.34. The summed E-state index contributed by atoms with van der Waals surface area (Å²) in [6.45, 7) is 4.44. The highest BCUT2D eigenvalue weighted by atomic mass is 32.1. The van der Waals surface area contributed by atoms with Crippen LogP contribution in [0.2, 0.25) is 0 Å². The van der Waals surface area contributed by atoms with E-state index in [4.69, 9.17) is 9.72 Å². The molecule has 1 saturated carbocycles. The van der Waals surface area contributed by atoms with Crippen LogP contribution in [0.5, 0.6) is 5.75 Å². The Morgan fingerprint density at radius 2 is 1.90 bits per heavy atom. The van der Waals surface area contributed by atoms with E-state index in [-0.39, 0.29) is 5.91 Å². The second kappa shape index (κ2) is 11.5. The van der Waals surface area contributed by atoms with Crippen molar-refractivity contribution in [3.05, 3.63) is 12.1 Å².